The lowest BCUT2D eigenvalue weighted by Crippen LogP contribution is -2.29. The molecule has 1 aliphatic rings. The highest BCUT2D eigenvalue weighted by Crippen LogP contribution is 2.41. The average molecular weight is 507 g/mol. The Labute approximate surface area is 220 Å². The molecule has 1 atom stereocenters. The standard InChI is InChI=1S/C31H26N2O5/c1-20-15-24(12-13-26(20)38-19-21-7-3-2-4-8-21)29(35)27-28(23-10-5-11-25(34)16-23)33(31(37)30(27)36)18-22-9-6-14-32-17-22/h2-17,28,34-35H,18-19H2,1H3/b29-27-. The van der Waals surface area contributed by atoms with Gasteiger partial charge in [-0.15, -0.1) is 0 Å². The van der Waals surface area contributed by atoms with E-state index in [4.69, 9.17) is 4.74 Å². The second kappa shape index (κ2) is 10.6. The number of hydrogen-bond donors (Lipinski definition) is 2. The molecule has 190 valence electrons. The van der Waals surface area contributed by atoms with Crippen LogP contribution in [0.25, 0.3) is 5.76 Å². The molecule has 1 fully saturated rings. The summed E-state index contributed by atoms with van der Waals surface area (Å²) in [6.45, 7) is 2.36. The van der Waals surface area contributed by atoms with Crippen molar-refractivity contribution in [3.05, 3.63) is 131 Å². The molecule has 7 heteroatoms. The minimum atomic E-state index is -0.892. The number of amides is 1. The molecule has 5 rings (SSSR count). The van der Waals surface area contributed by atoms with E-state index in [1.165, 1.54) is 17.0 Å². The normalized spacial score (nSPS) is 16.6. The maximum Gasteiger partial charge on any atom is 0.295 e. The number of aromatic hydroxyl groups is 1. The Morgan fingerprint density at radius 3 is 2.45 bits per heavy atom. The summed E-state index contributed by atoms with van der Waals surface area (Å²) in [6.07, 6.45) is 3.25. The highest BCUT2D eigenvalue weighted by atomic mass is 16.5. The second-order valence-corrected chi connectivity index (χ2v) is 9.14. The third-order valence-corrected chi connectivity index (χ3v) is 6.49. The number of ketones is 1. The van der Waals surface area contributed by atoms with Crippen molar-refractivity contribution >= 4 is 17.4 Å². The molecule has 0 radical (unpaired) electrons. The monoisotopic (exact) mass is 506 g/mol. The van der Waals surface area contributed by atoms with E-state index in [1.54, 1.807) is 48.8 Å². The van der Waals surface area contributed by atoms with E-state index >= 15 is 0 Å². The number of phenols is 1. The predicted octanol–water partition coefficient (Wildman–Crippen LogP) is 5.30. The van der Waals surface area contributed by atoms with Crippen LogP contribution in [0.5, 0.6) is 11.5 Å². The van der Waals surface area contributed by atoms with Crippen LogP contribution in [0.3, 0.4) is 0 Å². The predicted molar refractivity (Wildman–Crippen MR) is 142 cm³/mol. The summed E-state index contributed by atoms with van der Waals surface area (Å²) in [4.78, 5) is 32.0. The largest absolute Gasteiger partial charge is 0.508 e. The molecule has 1 saturated heterocycles. The summed E-state index contributed by atoms with van der Waals surface area (Å²) >= 11 is 0. The van der Waals surface area contributed by atoms with Crippen LogP contribution in [0.2, 0.25) is 0 Å². The molecule has 7 nitrogen and oxygen atoms in total. The number of aromatic nitrogens is 1. The van der Waals surface area contributed by atoms with Crippen molar-refractivity contribution in [3.8, 4) is 11.5 Å². The van der Waals surface area contributed by atoms with Gasteiger partial charge in [-0.05, 0) is 65.6 Å². The Hall–Kier alpha value is -4.91. The fraction of sp³-hybridized carbons (Fsp3) is 0.129. The van der Waals surface area contributed by atoms with E-state index in [9.17, 15) is 19.8 Å². The molecule has 1 aliphatic heterocycles. The van der Waals surface area contributed by atoms with Gasteiger partial charge in [0.1, 0.15) is 23.9 Å². The number of pyridine rings is 1. The van der Waals surface area contributed by atoms with Gasteiger partial charge in [-0.3, -0.25) is 14.6 Å². The lowest BCUT2D eigenvalue weighted by atomic mass is 9.94. The molecular weight excluding hydrogens is 480 g/mol. The first-order chi connectivity index (χ1) is 18.4. The molecule has 0 saturated carbocycles. The molecule has 0 bridgehead atoms. The van der Waals surface area contributed by atoms with Crippen LogP contribution in [0.4, 0.5) is 0 Å². The SMILES string of the molecule is Cc1cc(/C(O)=C2/C(=O)C(=O)N(Cc3cccnc3)C2c2cccc(O)c2)ccc1OCc1ccccc1. The quantitative estimate of drug-likeness (QED) is 0.201. The van der Waals surface area contributed by atoms with Gasteiger partial charge in [0, 0.05) is 24.5 Å². The highest BCUT2D eigenvalue weighted by Gasteiger charge is 2.46. The Morgan fingerprint density at radius 2 is 1.74 bits per heavy atom. The molecule has 2 N–H and O–H groups in total. The van der Waals surface area contributed by atoms with Crippen LogP contribution in [0.15, 0.2) is 103 Å². The molecule has 0 aliphatic carbocycles. The maximum absolute atomic E-state index is 13.3. The van der Waals surface area contributed by atoms with Gasteiger partial charge in [0.2, 0.25) is 0 Å². The van der Waals surface area contributed by atoms with Crippen LogP contribution in [-0.2, 0) is 22.7 Å². The molecule has 2 heterocycles. The van der Waals surface area contributed by atoms with Gasteiger partial charge in [-0.1, -0.05) is 48.5 Å². The molecule has 1 unspecified atom stereocenters. The first-order valence-corrected chi connectivity index (χ1v) is 12.2. The fourth-order valence-electron chi connectivity index (χ4n) is 4.62. The summed E-state index contributed by atoms with van der Waals surface area (Å²) < 4.78 is 5.95. The molecule has 0 spiro atoms. The van der Waals surface area contributed by atoms with Crippen molar-refractivity contribution in [3.63, 3.8) is 0 Å². The summed E-state index contributed by atoms with van der Waals surface area (Å²) in [7, 11) is 0. The first kappa shape index (κ1) is 24.8. The van der Waals surface area contributed by atoms with Crippen LogP contribution in [0.1, 0.15) is 33.9 Å². The van der Waals surface area contributed by atoms with Crippen molar-refractivity contribution in [2.75, 3.05) is 0 Å². The Balaban J connectivity index is 1.52. The Morgan fingerprint density at radius 1 is 0.947 bits per heavy atom. The van der Waals surface area contributed by atoms with Crippen molar-refractivity contribution < 1.29 is 24.5 Å². The number of Topliss-reactive ketones (excluding diaryl/α,β-unsaturated/α-hetero) is 1. The fourth-order valence-corrected chi connectivity index (χ4v) is 4.62. The Bertz CT molecular complexity index is 1520. The lowest BCUT2D eigenvalue weighted by Gasteiger charge is -2.25. The zero-order valence-corrected chi connectivity index (χ0v) is 20.7. The van der Waals surface area contributed by atoms with Crippen molar-refractivity contribution in [1.29, 1.82) is 0 Å². The van der Waals surface area contributed by atoms with Crippen LogP contribution in [-0.4, -0.2) is 31.8 Å². The smallest absolute Gasteiger partial charge is 0.295 e. The number of aliphatic hydroxyl groups excluding tert-OH is 1. The van der Waals surface area contributed by atoms with Crippen LogP contribution in [0, 0.1) is 6.92 Å². The minimum absolute atomic E-state index is 0.00905. The number of benzene rings is 3. The maximum atomic E-state index is 13.3. The summed E-state index contributed by atoms with van der Waals surface area (Å²) in [5.41, 5.74) is 3.38. The number of carbonyl (C=O) groups is 2. The van der Waals surface area contributed by atoms with E-state index in [-0.39, 0.29) is 23.6 Å². The molecule has 1 amide bonds. The molecule has 4 aromatic rings. The zero-order chi connectivity index (χ0) is 26.6. The van der Waals surface area contributed by atoms with Gasteiger partial charge in [0.05, 0.1) is 11.6 Å². The number of ether oxygens (including phenoxy) is 1. The zero-order valence-electron chi connectivity index (χ0n) is 20.7. The van der Waals surface area contributed by atoms with E-state index < -0.39 is 17.7 Å². The van der Waals surface area contributed by atoms with Gasteiger partial charge in [0.15, 0.2) is 0 Å². The van der Waals surface area contributed by atoms with E-state index in [2.05, 4.69) is 4.98 Å². The first-order valence-electron chi connectivity index (χ1n) is 12.2. The van der Waals surface area contributed by atoms with Crippen LogP contribution < -0.4 is 4.74 Å². The van der Waals surface area contributed by atoms with Gasteiger partial charge in [-0.2, -0.15) is 0 Å². The number of nitrogens with zero attached hydrogens (tertiary/aromatic N) is 2. The third kappa shape index (κ3) is 4.99. The lowest BCUT2D eigenvalue weighted by molar-refractivity contribution is -0.140. The number of phenolic OH excluding ortho intramolecular Hbond substituents is 1. The molecule has 1 aromatic heterocycles. The van der Waals surface area contributed by atoms with E-state index in [1.807, 2.05) is 43.3 Å². The topological polar surface area (TPSA) is 100.0 Å². The number of hydrogen-bond acceptors (Lipinski definition) is 6. The third-order valence-electron chi connectivity index (χ3n) is 6.49. The number of carbonyl (C=O) groups excluding carboxylic acids is 2. The average Bonchev–Trinajstić information content (AvgIpc) is 3.18. The molecule has 38 heavy (non-hydrogen) atoms. The highest BCUT2D eigenvalue weighted by molar-refractivity contribution is 6.46. The number of aryl methyl sites for hydroxylation is 1. The number of rotatable bonds is 7. The van der Waals surface area contributed by atoms with Crippen molar-refractivity contribution in [1.82, 2.24) is 9.88 Å². The van der Waals surface area contributed by atoms with E-state index in [0.29, 0.717) is 23.5 Å². The molecule has 3 aromatic carbocycles. The summed E-state index contributed by atoms with van der Waals surface area (Å²) in [5, 5.41) is 21.5. The Kier molecular flexibility index (Phi) is 6.91. The van der Waals surface area contributed by atoms with Gasteiger partial charge in [-0.25, -0.2) is 0 Å². The van der Waals surface area contributed by atoms with Crippen LogP contribution >= 0.6 is 0 Å². The summed E-state index contributed by atoms with van der Waals surface area (Å²) in [5.74, 6) is -1.18. The summed E-state index contributed by atoms with van der Waals surface area (Å²) in [6, 6.07) is 23.9. The van der Waals surface area contributed by atoms with Crippen molar-refractivity contribution in [2.45, 2.75) is 26.1 Å². The number of likely N-dealkylation sites (tertiary alicyclic amines) is 1. The second-order valence-electron chi connectivity index (χ2n) is 9.14. The van der Waals surface area contributed by atoms with Gasteiger partial charge in [0.25, 0.3) is 11.7 Å². The van der Waals surface area contributed by atoms with Gasteiger partial charge < -0.3 is 19.8 Å². The van der Waals surface area contributed by atoms with Crippen molar-refractivity contribution in [2.24, 2.45) is 0 Å². The minimum Gasteiger partial charge on any atom is -0.508 e. The van der Waals surface area contributed by atoms with E-state index in [0.717, 1.165) is 16.7 Å². The van der Waals surface area contributed by atoms with Gasteiger partial charge >= 0.3 is 0 Å². The molecular formula is C31H26N2O5. The number of aliphatic hydroxyl groups is 1.